The van der Waals surface area contributed by atoms with E-state index in [1.807, 2.05) is 24.3 Å². The first-order valence-corrected chi connectivity index (χ1v) is 19.8. The molecule has 0 saturated heterocycles. The number of ether oxygens (including phenoxy) is 1. The molecule has 3 aliphatic rings. The highest BCUT2D eigenvalue weighted by Crippen LogP contribution is 2.65. The number of nitrogens with zero attached hydrogens (tertiary/aromatic N) is 4. The van der Waals surface area contributed by atoms with Gasteiger partial charge in [0, 0.05) is 45.0 Å². The molecule has 270 valence electrons. The first kappa shape index (κ1) is 32.2. The molecule has 57 heavy (non-hydrogen) atoms. The van der Waals surface area contributed by atoms with E-state index in [2.05, 4.69) is 162 Å². The highest BCUT2D eigenvalue weighted by molar-refractivity contribution is 6.10. The third-order valence-electron chi connectivity index (χ3n) is 12.5. The van der Waals surface area contributed by atoms with Gasteiger partial charge < -0.3 is 4.74 Å². The van der Waals surface area contributed by atoms with Crippen LogP contribution >= 0.6 is 0 Å². The fourth-order valence-corrected chi connectivity index (χ4v) is 10.1. The average molecular weight is 733 g/mol. The summed E-state index contributed by atoms with van der Waals surface area (Å²) in [5, 5.41) is 2.28. The lowest BCUT2D eigenvalue weighted by Gasteiger charge is -2.43. The van der Waals surface area contributed by atoms with Crippen LogP contribution in [0.3, 0.4) is 0 Å². The number of benzene rings is 7. The Morgan fingerprint density at radius 1 is 0.509 bits per heavy atom. The second kappa shape index (κ2) is 12.5. The summed E-state index contributed by atoms with van der Waals surface area (Å²) in [6, 6.07) is 60.2. The summed E-state index contributed by atoms with van der Waals surface area (Å²) in [5.41, 5.74) is 11.1. The van der Waals surface area contributed by atoms with Gasteiger partial charge in [-0.2, -0.15) is 9.97 Å². The van der Waals surface area contributed by atoms with E-state index in [1.165, 1.54) is 27.8 Å². The molecule has 2 aliphatic carbocycles. The molecule has 0 fully saturated rings. The molecule has 5 nitrogen and oxygen atoms in total. The number of aromatic nitrogens is 4. The van der Waals surface area contributed by atoms with Crippen LogP contribution in [-0.2, 0) is 5.41 Å². The van der Waals surface area contributed by atoms with Crippen LogP contribution in [0.2, 0.25) is 0 Å². The quantitative estimate of drug-likeness (QED) is 0.169. The monoisotopic (exact) mass is 732 g/mol. The standard InChI is InChI=1S/C52H36N4O/c1-3-15-33(16-4-1)34-27-29-36(30-28-34)50-53-49(35-17-5-2-6-18-35)54-51(55-50)56-45-25-13-9-21-39(45)40-31-44-48(32-46(40)56)57-47-26-14-12-24-43(47)52(44)41-22-10-7-19-37(41)38-20-8-11-23-42(38)52/h1-7,9-19,21-32,38,42H,8,20H2. The fraction of sp³-hybridized carbons (Fsp3) is 0.0962. The Morgan fingerprint density at radius 3 is 1.95 bits per heavy atom. The lowest BCUT2D eigenvalue weighted by molar-refractivity contribution is 0.347. The summed E-state index contributed by atoms with van der Waals surface area (Å²) in [7, 11) is 0. The minimum absolute atomic E-state index is 0.269. The summed E-state index contributed by atoms with van der Waals surface area (Å²) in [5.74, 6) is 4.28. The van der Waals surface area contributed by atoms with Crippen molar-refractivity contribution in [1.82, 2.24) is 19.5 Å². The number of allylic oxidation sites excluding steroid dienone is 2. The molecule has 0 N–H and O–H groups in total. The Balaban J connectivity index is 1.11. The Labute approximate surface area is 330 Å². The van der Waals surface area contributed by atoms with Crippen LogP contribution < -0.4 is 4.74 Å². The summed E-state index contributed by atoms with van der Waals surface area (Å²) in [6.07, 6.45) is 7.13. The van der Waals surface area contributed by atoms with Crippen molar-refractivity contribution in [1.29, 1.82) is 0 Å². The van der Waals surface area contributed by atoms with Gasteiger partial charge in [0.05, 0.1) is 16.4 Å². The predicted molar refractivity (Wildman–Crippen MR) is 228 cm³/mol. The second-order valence-electron chi connectivity index (χ2n) is 15.4. The predicted octanol–water partition coefficient (Wildman–Crippen LogP) is 12.5. The molecule has 0 bridgehead atoms. The van der Waals surface area contributed by atoms with Crippen LogP contribution in [0.15, 0.2) is 182 Å². The molecule has 0 saturated carbocycles. The molecule has 3 heterocycles. The first-order valence-electron chi connectivity index (χ1n) is 19.8. The zero-order chi connectivity index (χ0) is 37.5. The van der Waals surface area contributed by atoms with E-state index in [0.29, 0.717) is 23.5 Å². The molecule has 7 aromatic carbocycles. The van der Waals surface area contributed by atoms with Gasteiger partial charge >= 0.3 is 0 Å². The van der Waals surface area contributed by atoms with E-state index in [9.17, 15) is 0 Å². The highest BCUT2D eigenvalue weighted by Gasteiger charge is 2.57. The lowest BCUT2D eigenvalue weighted by Crippen LogP contribution is -2.38. The Hall–Kier alpha value is -7.11. The van der Waals surface area contributed by atoms with Crippen LogP contribution in [0.5, 0.6) is 11.5 Å². The smallest absolute Gasteiger partial charge is 0.238 e. The van der Waals surface area contributed by atoms with Gasteiger partial charge in [0.25, 0.3) is 0 Å². The first-order chi connectivity index (χ1) is 28.3. The van der Waals surface area contributed by atoms with Crippen molar-refractivity contribution in [3.63, 3.8) is 0 Å². The van der Waals surface area contributed by atoms with Crippen LogP contribution in [0.4, 0.5) is 0 Å². The largest absolute Gasteiger partial charge is 0.457 e. The number of rotatable bonds is 4. The molecule has 5 heteroatoms. The highest BCUT2D eigenvalue weighted by atomic mass is 16.5. The van der Waals surface area contributed by atoms with Gasteiger partial charge in [-0.05, 0) is 59.2 Å². The van der Waals surface area contributed by atoms with E-state index in [1.54, 1.807) is 0 Å². The number of hydrogen-bond acceptors (Lipinski definition) is 4. The van der Waals surface area contributed by atoms with Gasteiger partial charge in [-0.3, -0.25) is 4.57 Å². The summed E-state index contributed by atoms with van der Waals surface area (Å²) >= 11 is 0. The van der Waals surface area contributed by atoms with E-state index < -0.39 is 5.41 Å². The molecule has 3 atom stereocenters. The molecule has 3 unspecified atom stereocenters. The van der Waals surface area contributed by atoms with Crippen LogP contribution in [0.25, 0.3) is 61.7 Å². The molecule has 1 spiro atoms. The minimum Gasteiger partial charge on any atom is -0.457 e. The topological polar surface area (TPSA) is 52.8 Å². The third-order valence-corrected chi connectivity index (χ3v) is 12.5. The van der Waals surface area contributed by atoms with Crippen LogP contribution in [-0.4, -0.2) is 19.5 Å². The van der Waals surface area contributed by atoms with Crippen molar-refractivity contribution < 1.29 is 4.74 Å². The summed E-state index contributed by atoms with van der Waals surface area (Å²) in [4.78, 5) is 15.6. The minimum atomic E-state index is -0.396. The lowest BCUT2D eigenvalue weighted by atomic mass is 9.61. The van der Waals surface area contributed by atoms with Gasteiger partial charge in [0.2, 0.25) is 5.95 Å². The second-order valence-corrected chi connectivity index (χ2v) is 15.4. The van der Waals surface area contributed by atoms with Crippen molar-refractivity contribution in [3.8, 4) is 51.3 Å². The zero-order valence-electron chi connectivity index (χ0n) is 31.1. The van der Waals surface area contributed by atoms with Gasteiger partial charge in [-0.15, -0.1) is 0 Å². The van der Waals surface area contributed by atoms with Gasteiger partial charge in [-0.25, -0.2) is 4.98 Å². The molecule has 12 rings (SSSR count). The SMILES string of the molecule is C1=CC2C(CC1)c1ccccc1C21c2ccccc2Oc2cc3c(cc21)c1ccccc1n3-c1nc(-c2ccccc2)nc(-c2ccc(-c3ccccc3)cc2)n1. The van der Waals surface area contributed by atoms with Crippen LogP contribution in [0.1, 0.15) is 41.0 Å². The van der Waals surface area contributed by atoms with Gasteiger partial charge in [0.1, 0.15) is 11.5 Å². The third kappa shape index (κ3) is 4.72. The van der Waals surface area contributed by atoms with E-state index >= 15 is 0 Å². The van der Waals surface area contributed by atoms with E-state index in [-0.39, 0.29) is 5.92 Å². The molecular formula is C52H36N4O. The maximum Gasteiger partial charge on any atom is 0.238 e. The van der Waals surface area contributed by atoms with Crippen LogP contribution in [0, 0.1) is 5.92 Å². The van der Waals surface area contributed by atoms with Gasteiger partial charge in [-0.1, -0.05) is 158 Å². The number of hydrogen-bond donors (Lipinski definition) is 0. The molecular weight excluding hydrogens is 697 g/mol. The van der Waals surface area contributed by atoms with E-state index in [0.717, 1.165) is 62.8 Å². The average Bonchev–Trinajstić information content (AvgIpc) is 3.76. The van der Waals surface area contributed by atoms with Gasteiger partial charge in [0.15, 0.2) is 11.6 Å². The summed E-state index contributed by atoms with van der Waals surface area (Å²) < 4.78 is 9.19. The molecule has 0 radical (unpaired) electrons. The fourth-order valence-electron chi connectivity index (χ4n) is 10.1. The zero-order valence-corrected chi connectivity index (χ0v) is 31.1. The molecule has 0 amide bonds. The molecule has 1 aliphatic heterocycles. The Morgan fingerprint density at radius 2 is 1.14 bits per heavy atom. The maximum atomic E-state index is 7.00. The Kier molecular flexibility index (Phi) is 7.03. The van der Waals surface area contributed by atoms with Crippen molar-refractivity contribution in [2.75, 3.05) is 0 Å². The van der Waals surface area contributed by atoms with E-state index in [4.69, 9.17) is 19.7 Å². The van der Waals surface area contributed by atoms with Crippen molar-refractivity contribution in [2.24, 2.45) is 5.92 Å². The Bertz CT molecular complexity index is 3060. The normalized spacial score (nSPS) is 18.9. The molecule has 9 aromatic rings. The number of fused-ring (bicyclic) bond motifs is 12. The number of para-hydroxylation sites is 2. The van der Waals surface area contributed by atoms with Crippen molar-refractivity contribution >= 4 is 21.8 Å². The molecule has 2 aromatic heterocycles. The summed E-state index contributed by atoms with van der Waals surface area (Å²) in [6.45, 7) is 0. The van der Waals surface area contributed by atoms with Crippen molar-refractivity contribution in [2.45, 2.75) is 24.2 Å². The maximum absolute atomic E-state index is 7.00. The van der Waals surface area contributed by atoms with Crippen molar-refractivity contribution in [3.05, 3.63) is 204 Å².